The van der Waals surface area contributed by atoms with E-state index in [2.05, 4.69) is 48.3 Å². The molecule has 3 heteroatoms. The van der Waals surface area contributed by atoms with Gasteiger partial charge in [-0.15, -0.1) is 0 Å². The van der Waals surface area contributed by atoms with E-state index in [9.17, 15) is 0 Å². The number of anilines is 1. The molecule has 3 nitrogen and oxygen atoms in total. The lowest BCUT2D eigenvalue weighted by molar-refractivity contribution is 0.476. The van der Waals surface area contributed by atoms with Gasteiger partial charge >= 0.3 is 0 Å². The number of aryl methyl sites for hydroxylation is 1. The van der Waals surface area contributed by atoms with Gasteiger partial charge in [0.1, 0.15) is 0 Å². The topological polar surface area (TPSA) is 54.7 Å². The first-order valence-electron chi connectivity index (χ1n) is 7.01. The minimum atomic E-state index is 0.199. The van der Waals surface area contributed by atoms with Crippen LogP contribution in [0.4, 0.5) is 5.82 Å². The lowest BCUT2D eigenvalue weighted by Gasteiger charge is -2.23. The van der Waals surface area contributed by atoms with Crippen molar-refractivity contribution in [2.24, 2.45) is 0 Å². The third-order valence-corrected chi connectivity index (χ3v) is 4.45. The second kappa shape index (κ2) is 4.41. The van der Waals surface area contributed by atoms with Gasteiger partial charge in [-0.1, -0.05) is 49.6 Å². The number of aromatic amines is 1. The molecule has 3 N–H and O–H groups in total. The van der Waals surface area contributed by atoms with Crippen LogP contribution in [0.25, 0.3) is 11.1 Å². The average Bonchev–Trinajstić information content (AvgIpc) is 2.98. The molecule has 1 saturated carbocycles. The van der Waals surface area contributed by atoms with Gasteiger partial charge in [0.25, 0.3) is 0 Å². The Kier molecular flexibility index (Phi) is 2.85. The standard InChI is InChI=1S/C16H21N3/c1-11-5-7-12(8-6-11)13-14(18-19-15(13)17)16(2)9-3-4-10-16/h5-8H,3-4,9-10H2,1-2H3,(H3,17,18,19). The fourth-order valence-corrected chi connectivity index (χ4v) is 3.21. The Morgan fingerprint density at radius 1 is 1.16 bits per heavy atom. The van der Waals surface area contributed by atoms with Gasteiger partial charge in [-0.3, -0.25) is 5.10 Å². The molecule has 100 valence electrons. The molecule has 19 heavy (non-hydrogen) atoms. The average molecular weight is 255 g/mol. The minimum Gasteiger partial charge on any atom is -0.382 e. The smallest absolute Gasteiger partial charge is 0.153 e. The molecular weight excluding hydrogens is 234 g/mol. The van der Waals surface area contributed by atoms with Crippen LogP contribution in [0.3, 0.4) is 0 Å². The Labute approximate surface area is 114 Å². The van der Waals surface area contributed by atoms with E-state index in [1.165, 1.54) is 42.5 Å². The lowest BCUT2D eigenvalue weighted by Crippen LogP contribution is -2.18. The lowest BCUT2D eigenvalue weighted by atomic mass is 9.81. The molecule has 0 unspecified atom stereocenters. The largest absolute Gasteiger partial charge is 0.382 e. The SMILES string of the molecule is Cc1ccc(-c2c(N)n[nH]c2C2(C)CCCC2)cc1. The molecule has 1 heterocycles. The van der Waals surface area contributed by atoms with E-state index in [1.54, 1.807) is 0 Å². The molecule has 1 aliphatic carbocycles. The van der Waals surface area contributed by atoms with Crippen LogP contribution in [0.15, 0.2) is 24.3 Å². The molecule has 2 aromatic rings. The zero-order chi connectivity index (χ0) is 13.5. The molecule has 3 rings (SSSR count). The Hall–Kier alpha value is -1.77. The van der Waals surface area contributed by atoms with Crippen LogP contribution >= 0.6 is 0 Å². The Morgan fingerprint density at radius 3 is 2.42 bits per heavy atom. The number of rotatable bonds is 2. The predicted molar refractivity (Wildman–Crippen MR) is 79.0 cm³/mol. The van der Waals surface area contributed by atoms with E-state index in [1.807, 2.05) is 0 Å². The molecule has 0 aliphatic heterocycles. The van der Waals surface area contributed by atoms with Gasteiger partial charge in [-0.05, 0) is 25.3 Å². The zero-order valence-corrected chi connectivity index (χ0v) is 11.7. The van der Waals surface area contributed by atoms with Crippen molar-refractivity contribution >= 4 is 5.82 Å². The summed E-state index contributed by atoms with van der Waals surface area (Å²) in [4.78, 5) is 0. The van der Waals surface area contributed by atoms with Crippen molar-refractivity contribution in [3.8, 4) is 11.1 Å². The van der Waals surface area contributed by atoms with Crippen molar-refractivity contribution < 1.29 is 0 Å². The second-order valence-corrected chi connectivity index (χ2v) is 5.99. The molecule has 0 amide bonds. The van der Waals surface area contributed by atoms with Gasteiger partial charge in [-0.25, -0.2) is 0 Å². The summed E-state index contributed by atoms with van der Waals surface area (Å²) in [6.07, 6.45) is 5.02. The number of hydrogen-bond donors (Lipinski definition) is 2. The summed E-state index contributed by atoms with van der Waals surface area (Å²) < 4.78 is 0. The van der Waals surface area contributed by atoms with Gasteiger partial charge in [-0.2, -0.15) is 5.10 Å². The van der Waals surface area contributed by atoms with Crippen LogP contribution in [0.1, 0.15) is 43.9 Å². The molecule has 0 saturated heterocycles. The Morgan fingerprint density at radius 2 is 1.79 bits per heavy atom. The van der Waals surface area contributed by atoms with Crippen molar-refractivity contribution in [1.82, 2.24) is 10.2 Å². The van der Waals surface area contributed by atoms with E-state index in [0.29, 0.717) is 5.82 Å². The summed E-state index contributed by atoms with van der Waals surface area (Å²) in [5.41, 5.74) is 11.0. The van der Waals surface area contributed by atoms with Crippen LogP contribution in [-0.4, -0.2) is 10.2 Å². The zero-order valence-electron chi connectivity index (χ0n) is 11.7. The van der Waals surface area contributed by atoms with Gasteiger partial charge in [0.15, 0.2) is 5.82 Å². The van der Waals surface area contributed by atoms with Gasteiger partial charge in [0, 0.05) is 11.0 Å². The number of hydrogen-bond acceptors (Lipinski definition) is 2. The maximum Gasteiger partial charge on any atom is 0.153 e. The highest BCUT2D eigenvalue weighted by Crippen LogP contribution is 2.44. The Balaban J connectivity index is 2.11. The molecule has 1 aliphatic rings. The van der Waals surface area contributed by atoms with Crippen LogP contribution in [0.5, 0.6) is 0 Å². The Bertz CT molecular complexity index is 575. The first-order valence-corrected chi connectivity index (χ1v) is 7.01. The third-order valence-electron chi connectivity index (χ3n) is 4.45. The highest BCUT2D eigenvalue weighted by Gasteiger charge is 2.35. The number of nitrogens with one attached hydrogen (secondary N) is 1. The maximum atomic E-state index is 6.10. The molecule has 1 aromatic carbocycles. The number of nitrogens with two attached hydrogens (primary N) is 1. The van der Waals surface area contributed by atoms with Crippen LogP contribution < -0.4 is 5.73 Å². The van der Waals surface area contributed by atoms with Gasteiger partial charge in [0.05, 0.1) is 5.69 Å². The van der Waals surface area contributed by atoms with E-state index >= 15 is 0 Å². The molecule has 0 atom stereocenters. The highest BCUT2D eigenvalue weighted by molar-refractivity contribution is 5.77. The fourth-order valence-electron chi connectivity index (χ4n) is 3.21. The molecular formula is C16H21N3. The predicted octanol–water partition coefficient (Wildman–Crippen LogP) is 3.80. The maximum absolute atomic E-state index is 6.10. The molecule has 1 aromatic heterocycles. The molecule has 1 fully saturated rings. The van der Waals surface area contributed by atoms with Gasteiger partial charge in [0.2, 0.25) is 0 Å². The first kappa shape index (κ1) is 12.3. The van der Waals surface area contributed by atoms with Crippen molar-refractivity contribution in [2.75, 3.05) is 5.73 Å². The van der Waals surface area contributed by atoms with E-state index in [-0.39, 0.29) is 5.41 Å². The van der Waals surface area contributed by atoms with E-state index in [4.69, 9.17) is 5.73 Å². The number of nitrogen functional groups attached to an aromatic ring is 1. The quantitative estimate of drug-likeness (QED) is 0.857. The number of benzene rings is 1. The van der Waals surface area contributed by atoms with E-state index in [0.717, 1.165) is 5.56 Å². The highest BCUT2D eigenvalue weighted by atomic mass is 15.2. The van der Waals surface area contributed by atoms with Crippen molar-refractivity contribution in [3.63, 3.8) is 0 Å². The molecule has 0 radical (unpaired) electrons. The first-order chi connectivity index (χ1) is 9.10. The van der Waals surface area contributed by atoms with Crippen molar-refractivity contribution in [3.05, 3.63) is 35.5 Å². The second-order valence-electron chi connectivity index (χ2n) is 5.99. The van der Waals surface area contributed by atoms with Crippen molar-refractivity contribution in [1.29, 1.82) is 0 Å². The van der Waals surface area contributed by atoms with Crippen LogP contribution in [0.2, 0.25) is 0 Å². The summed E-state index contributed by atoms with van der Waals surface area (Å²) in [6, 6.07) is 8.53. The number of aromatic nitrogens is 2. The monoisotopic (exact) mass is 255 g/mol. The minimum absolute atomic E-state index is 0.199. The van der Waals surface area contributed by atoms with Crippen LogP contribution in [0, 0.1) is 6.92 Å². The van der Waals surface area contributed by atoms with Crippen molar-refractivity contribution in [2.45, 2.75) is 44.9 Å². The normalized spacial score (nSPS) is 17.8. The van der Waals surface area contributed by atoms with Gasteiger partial charge < -0.3 is 5.73 Å². The number of nitrogens with zero attached hydrogens (tertiary/aromatic N) is 1. The fraction of sp³-hybridized carbons (Fsp3) is 0.438. The van der Waals surface area contributed by atoms with E-state index < -0.39 is 0 Å². The number of H-pyrrole nitrogens is 1. The summed E-state index contributed by atoms with van der Waals surface area (Å²) in [7, 11) is 0. The summed E-state index contributed by atoms with van der Waals surface area (Å²) in [5, 5.41) is 7.45. The summed E-state index contributed by atoms with van der Waals surface area (Å²) in [6.45, 7) is 4.42. The molecule has 0 bridgehead atoms. The summed E-state index contributed by atoms with van der Waals surface area (Å²) in [5.74, 6) is 0.618. The summed E-state index contributed by atoms with van der Waals surface area (Å²) >= 11 is 0. The van der Waals surface area contributed by atoms with Crippen LogP contribution in [-0.2, 0) is 5.41 Å². The molecule has 0 spiro atoms. The third kappa shape index (κ3) is 2.03.